The van der Waals surface area contributed by atoms with Gasteiger partial charge >= 0.3 is 0 Å². The quantitative estimate of drug-likeness (QED) is 0.675. The molecule has 0 radical (unpaired) electrons. The fourth-order valence-corrected chi connectivity index (χ4v) is 4.23. The molecule has 0 saturated carbocycles. The van der Waals surface area contributed by atoms with Crippen LogP contribution in [-0.4, -0.2) is 0 Å². The van der Waals surface area contributed by atoms with Crippen molar-refractivity contribution < 1.29 is 0 Å². The number of thiophene rings is 2. The van der Waals surface area contributed by atoms with Gasteiger partial charge in [-0.25, -0.2) is 0 Å². The number of rotatable bonds is 7. The number of unbranched alkanes of at least 4 members (excludes halogenated alkanes) is 4. The predicted molar refractivity (Wildman–Crippen MR) is 80.0 cm³/mol. The summed E-state index contributed by atoms with van der Waals surface area (Å²) in [6, 6.07) is 4.73. The van der Waals surface area contributed by atoms with Crippen LogP contribution in [0.3, 0.4) is 0 Å². The maximum Gasteiger partial charge on any atom is 0.0454 e. The second-order valence-electron chi connectivity index (χ2n) is 4.61. The molecule has 0 aromatic carbocycles. The van der Waals surface area contributed by atoms with Crippen LogP contribution in [0.15, 0.2) is 17.5 Å². The second kappa shape index (κ2) is 6.53. The maximum atomic E-state index is 6.25. The molecule has 0 saturated heterocycles. The Morgan fingerprint density at radius 1 is 1.18 bits per heavy atom. The summed E-state index contributed by atoms with van der Waals surface area (Å²) in [6.45, 7) is 2.25. The van der Waals surface area contributed by atoms with E-state index in [0.29, 0.717) is 0 Å². The van der Waals surface area contributed by atoms with Crippen LogP contribution < -0.4 is 5.73 Å². The average molecular weight is 267 g/mol. The SMILES string of the molecule is CCCCCCCC(N)c1cc2sccc2s1. The Balaban J connectivity index is 1.79. The van der Waals surface area contributed by atoms with Crippen molar-refractivity contribution in [1.82, 2.24) is 0 Å². The lowest BCUT2D eigenvalue weighted by Gasteiger charge is -2.08. The molecule has 0 fully saturated rings. The highest BCUT2D eigenvalue weighted by atomic mass is 32.1. The number of hydrogen-bond donors (Lipinski definition) is 1. The Morgan fingerprint density at radius 3 is 2.76 bits per heavy atom. The molecule has 0 aliphatic carbocycles. The summed E-state index contributed by atoms with van der Waals surface area (Å²) in [5.41, 5.74) is 6.25. The molecule has 17 heavy (non-hydrogen) atoms. The topological polar surface area (TPSA) is 26.0 Å². The highest BCUT2D eigenvalue weighted by molar-refractivity contribution is 7.26. The van der Waals surface area contributed by atoms with E-state index in [0.717, 1.165) is 6.42 Å². The minimum absolute atomic E-state index is 0.251. The van der Waals surface area contributed by atoms with Crippen LogP contribution in [0.4, 0.5) is 0 Å². The summed E-state index contributed by atoms with van der Waals surface area (Å²) in [5, 5.41) is 2.15. The molecular weight excluding hydrogens is 246 g/mol. The summed E-state index contributed by atoms with van der Waals surface area (Å²) in [6.07, 6.45) is 7.78. The third-order valence-corrected chi connectivity index (χ3v) is 5.37. The normalized spacial score (nSPS) is 13.3. The van der Waals surface area contributed by atoms with Gasteiger partial charge in [0.15, 0.2) is 0 Å². The van der Waals surface area contributed by atoms with Gasteiger partial charge in [0.1, 0.15) is 0 Å². The van der Waals surface area contributed by atoms with E-state index in [9.17, 15) is 0 Å². The molecule has 0 spiro atoms. The molecular formula is C14H21NS2. The highest BCUT2D eigenvalue weighted by Gasteiger charge is 2.10. The molecule has 2 heterocycles. The van der Waals surface area contributed by atoms with E-state index in [-0.39, 0.29) is 6.04 Å². The molecule has 2 rings (SSSR count). The van der Waals surface area contributed by atoms with Gasteiger partial charge in [0, 0.05) is 20.3 Å². The Morgan fingerprint density at radius 2 is 2.00 bits per heavy atom. The molecule has 1 unspecified atom stereocenters. The zero-order valence-electron chi connectivity index (χ0n) is 10.4. The first kappa shape index (κ1) is 13.1. The van der Waals surface area contributed by atoms with Crippen molar-refractivity contribution >= 4 is 32.1 Å². The standard InChI is InChI=1S/C14H21NS2/c1-2-3-4-5-6-7-11(15)13-10-14-12(17-13)8-9-16-14/h8-11H,2-7,15H2,1H3. The van der Waals surface area contributed by atoms with Crippen molar-refractivity contribution in [3.63, 3.8) is 0 Å². The fourth-order valence-electron chi connectivity index (χ4n) is 2.08. The minimum atomic E-state index is 0.251. The van der Waals surface area contributed by atoms with Crippen molar-refractivity contribution in [1.29, 1.82) is 0 Å². The van der Waals surface area contributed by atoms with Gasteiger partial charge in [0.2, 0.25) is 0 Å². The molecule has 1 nitrogen and oxygen atoms in total. The van der Waals surface area contributed by atoms with Crippen molar-refractivity contribution in [2.45, 2.75) is 51.5 Å². The molecule has 0 aliphatic rings. The first-order chi connectivity index (χ1) is 8.31. The number of fused-ring (bicyclic) bond motifs is 1. The van der Waals surface area contributed by atoms with E-state index in [4.69, 9.17) is 5.73 Å². The van der Waals surface area contributed by atoms with Crippen LogP contribution >= 0.6 is 22.7 Å². The smallest absolute Gasteiger partial charge is 0.0454 e. The van der Waals surface area contributed by atoms with Crippen molar-refractivity contribution in [3.05, 3.63) is 22.4 Å². The Bertz CT molecular complexity index is 415. The third kappa shape index (κ3) is 3.54. The molecule has 2 aromatic heterocycles. The van der Waals surface area contributed by atoms with Gasteiger partial charge in [0.05, 0.1) is 0 Å². The maximum absolute atomic E-state index is 6.25. The van der Waals surface area contributed by atoms with Crippen LogP contribution in [-0.2, 0) is 0 Å². The van der Waals surface area contributed by atoms with Crippen LogP contribution in [0.2, 0.25) is 0 Å². The molecule has 2 aromatic rings. The van der Waals surface area contributed by atoms with Crippen molar-refractivity contribution in [2.24, 2.45) is 5.73 Å². The van der Waals surface area contributed by atoms with E-state index in [1.165, 1.54) is 46.4 Å². The van der Waals surface area contributed by atoms with Crippen LogP contribution in [0.5, 0.6) is 0 Å². The summed E-state index contributed by atoms with van der Waals surface area (Å²) in [4.78, 5) is 1.36. The lowest BCUT2D eigenvalue weighted by molar-refractivity contribution is 0.560. The lowest BCUT2D eigenvalue weighted by atomic mass is 10.1. The fraction of sp³-hybridized carbons (Fsp3) is 0.571. The van der Waals surface area contributed by atoms with E-state index < -0.39 is 0 Å². The summed E-state index contributed by atoms with van der Waals surface area (Å²) >= 11 is 3.68. The van der Waals surface area contributed by atoms with Gasteiger partial charge < -0.3 is 5.73 Å². The molecule has 0 aliphatic heterocycles. The molecule has 94 valence electrons. The van der Waals surface area contributed by atoms with Gasteiger partial charge in [0.25, 0.3) is 0 Å². The monoisotopic (exact) mass is 267 g/mol. The van der Waals surface area contributed by atoms with Crippen molar-refractivity contribution in [2.75, 3.05) is 0 Å². The Kier molecular flexibility index (Phi) is 5.01. The number of hydrogen-bond acceptors (Lipinski definition) is 3. The van der Waals surface area contributed by atoms with E-state index in [1.807, 2.05) is 22.7 Å². The van der Waals surface area contributed by atoms with Gasteiger partial charge in [-0.3, -0.25) is 0 Å². The van der Waals surface area contributed by atoms with E-state index in [1.54, 1.807) is 0 Å². The Labute approximate surface area is 112 Å². The first-order valence-corrected chi connectivity index (χ1v) is 8.23. The predicted octanol–water partition coefficient (Wildman–Crippen LogP) is 5.32. The molecule has 2 N–H and O–H groups in total. The highest BCUT2D eigenvalue weighted by Crippen LogP contribution is 2.34. The van der Waals surface area contributed by atoms with Gasteiger partial charge in [-0.1, -0.05) is 39.0 Å². The summed E-state index contributed by atoms with van der Waals surface area (Å²) in [5.74, 6) is 0. The molecule has 1 atom stereocenters. The minimum Gasteiger partial charge on any atom is -0.323 e. The van der Waals surface area contributed by atoms with Crippen LogP contribution in [0.1, 0.15) is 56.4 Å². The van der Waals surface area contributed by atoms with Crippen molar-refractivity contribution in [3.8, 4) is 0 Å². The zero-order chi connectivity index (χ0) is 12.1. The molecule has 0 bridgehead atoms. The first-order valence-electron chi connectivity index (χ1n) is 6.53. The van der Waals surface area contributed by atoms with E-state index in [2.05, 4.69) is 24.4 Å². The summed E-state index contributed by atoms with van der Waals surface area (Å²) in [7, 11) is 0. The third-order valence-electron chi connectivity index (χ3n) is 3.14. The average Bonchev–Trinajstić information content (AvgIpc) is 2.88. The van der Waals surface area contributed by atoms with Crippen LogP contribution in [0, 0.1) is 0 Å². The molecule has 3 heteroatoms. The molecule has 0 amide bonds. The van der Waals surface area contributed by atoms with Gasteiger partial charge in [-0.2, -0.15) is 0 Å². The Hall–Kier alpha value is -0.380. The summed E-state index contributed by atoms with van der Waals surface area (Å²) < 4.78 is 2.79. The van der Waals surface area contributed by atoms with Crippen LogP contribution in [0.25, 0.3) is 9.40 Å². The van der Waals surface area contributed by atoms with E-state index >= 15 is 0 Å². The number of nitrogens with two attached hydrogens (primary N) is 1. The second-order valence-corrected chi connectivity index (χ2v) is 6.67. The zero-order valence-corrected chi connectivity index (χ0v) is 12.1. The van der Waals surface area contributed by atoms with Gasteiger partial charge in [-0.05, 0) is 23.9 Å². The lowest BCUT2D eigenvalue weighted by Crippen LogP contribution is -2.08. The van der Waals surface area contributed by atoms with Gasteiger partial charge in [-0.15, -0.1) is 22.7 Å². The largest absolute Gasteiger partial charge is 0.323 e.